The Morgan fingerprint density at radius 3 is 3.00 bits per heavy atom. The van der Waals surface area contributed by atoms with Crippen molar-refractivity contribution >= 4 is 22.7 Å². The van der Waals surface area contributed by atoms with E-state index in [0.29, 0.717) is 10.2 Å². The molecule has 19 heavy (non-hydrogen) atoms. The molecule has 7 nitrogen and oxygen atoms in total. The van der Waals surface area contributed by atoms with Gasteiger partial charge in [0.25, 0.3) is 5.19 Å². The van der Waals surface area contributed by atoms with Crippen molar-refractivity contribution in [2.24, 2.45) is 7.05 Å². The molecule has 0 fully saturated rings. The molecule has 0 aromatic carbocycles. The first kappa shape index (κ1) is 10.9. The summed E-state index contributed by atoms with van der Waals surface area (Å²) < 4.78 is 15.2. The SMILES string of the molecule is [3H]c1csc(OCc2ccsc2-n2nnn(C)c2=O)n1. The minimum atomic E-state index is -0.309. The Morgan fingerprint density at radius 2 is 2.32 bits per heavy atom. The second kappa shape index (κ2) is 4.94. The molecule has 0 aliphatic carbocycles. The Bertz CT molecular complexity index is 790. The van der Waals surface area contributed by atoms with Gasteiger partial charge in [0.2, 0.25) is 0 Å². The summed E-state index contributed by atoms with van der Waals surface area (Å²) in [6, 6.07) is 1.86. The fourth-order valence-electron chi connectivity index (χ4n) is 1.45. The van der Waals surface area contributed by atoms with Crippen molar-refractivity contribution in [2.75, 3.05) is 0 Å². The first-order chi connectivity index (χ1) is 9.65. The molecule has 9 heteroatoms. The molecule has 0 amide bonds. The number of rotatable bonds is 4. The highest BCUT2D eigenvalue weighted by atomic mass is 32.1. The van der Waals surface area contributed by atoms with E-state index in [-0.39, 0.29) is 18.5 Å². The number of aromatic nitrogens is 5. The Balaban J connectivity index is 1.83. The molecule has 98 valence electrons. The highest BCUT2D eigenvalue weighted by molar-refractivity contribution is 7.12. The second-order valence-corrected chi connectivity index (χ2v) is 5.29. The maximum Gasteiger partial charge on any atom is 0.368 e. The van der Waals surface area contributed by atoms with Gasteiger partial charge in [-0.1, -0.05) is 11.3 Å². The first-order valence-corrected chi connectivity index (χ1v) is 7.02. The minimum absolute atomic E-state index is 0.181. The highest BCUT2D eigenvalue weighted by Gasteiger charge is 2.13. The highest BCUT2D eigenvalue weighted by Crippen LogP contribution is 2.22. The molecule has 0 spiro atoms. The lowest BCUT2D eigenvalue weighted by Gasteiger charge is -2.02. The predicted octanol–water partition coefficient (Wildman–Crippen LogP) is 1.06. The van der Waals surface area contributed by atoms with Crippen LogP contribution in [0.5, 0.6) is 5.19 Å². The monoisotopic (exact) mass is 297 g/mol. The standard InChI is InChI=1S/C10H9N5O2S2/c1-14-10(16)15(13-12-14)8-7(2-4-18-8)6-17-9-11-3-5-19-9/h2-5H,6H2,1H3/i3T. The molecule has 0 N–H and O–H groups in total. The van der Waals surface area contributed by atoms with Crippen LogP contribution in [0.15, 0.2) is 27.8 Å². The van der Waals surface area contributed by atoms with Crippen LogP contribution >= 0.6 is 22.7 Å². The van der Waals surface area contributed by atoms with Gasteiger partial charge in [-0.05, 0) is 21.9 Å². The van der Waals surface area contributed by atoms with Gasteiger partial charge in [-0.25, -0.2) is 9.78 Å². The van der Waals surface area contributed by atoms with E-state index in [4.69, 9.17) is 6.11 Å². The number of tetrazole rings is 1. The fourth-order valence-corrected chi connectivity index (χ4v) is 2.75. The number of ether oxygens (including phenoxy) is 1. The van der Waals surface area contributed by atoms with E-state index in [1.165, 1.54) is 27.4 Å². The van der Waals surface area contributed by atoms with Gasteiger partial charge in [0.05, 0.1) is 1.37 Å². The van der Waals surface area contributed by atoms with Gasteiger partial charge in [-0.2, -0.15) is 4.68 Å². The van der Waals surface area contributed by atoms with Crippen LogP contribution in [0.4, 0.5) is 0 Å². The van der Waals surface area contributed by atoms with E-state index < -0.39 is 0 Å². The van der Waals surface area contributed by atoms with Crippen molar-refractivity contribution in [3.05, 3.63) is 39.0 Å². The quantitative estimate of drug-likeness (QED) is 0.720. The molecule has 0 saturated heterocycles. The topological polar surface area (TPSA) is 74.8 Å². The van der Waals surface area contributed by atoms with Gasteiger partial charge in [-0.15, -0.1) is 16.0 Å². The van der Waals surface area contributed by atoms with Gasteiger partial charge < -0.3 is 4.74 Å². The fraction of sp³-hybridized carbons (Fsp3) is 0.200. The van der Waals surface area contributed by atoms with Crippen LogP contribution in [0.25, 0.3) is 5.00 Å². The lowest BCUT2D eigenvalue weighted by Crippen LogP contribution is -2.22. The largest absolute Gasteiger partial charge is 0.465 e. The van der Waals surface area contributed by atoms with E-state index in [0.717, 1.165) is 10.2 Å². The molecule has 0 atom stereocenters. The molecule has 3 aromatic heterocycles. The summed E-state index contributed by atoms with van der Waals surface area (Å²) in [6.45, 7) is 0.259. The molecule has 3 rings (SSSR count). The summed E-state index contributed by atoms with van der Waals surface area (Å²) in [4.78, 5) is 15.7. The van der Waals surface area contributed by atoms with Crippen LogP contribution in [-0.4, -0.2) is 24.8 Å². The molecule has 0 bridgehead atoms. The van der Waals surface area contributed by atoms with Crippen LogP contribution in [0.2, 0.25) is 0 Å². The molecule has 0 saturated carbocycles. The Kier molecular flexibility index (Phi) is 2.83. The van der Waals surface area contributed by atoms with E-state index in [1.54, 1.807) is 12.4 Å². The van der Waals surface area contributed by atoms with Gasteiger partial charge in [0.1, 0.15) is 11.6 Å². The summed E-state index contributed by atoms with van der Waals surface area (Å²) in [5.41, 5.74) is 0.510. The van der Waals surface area contributed by atoms with Crippen LogP contribution in [0, 0.1) is 0 Å². The Labute approximate surface area is 117 Å². The lowest BCUT2D eigenvalue weighted by atomic mass is 10.3. The van der Waals surface area contributed by atoms with E-state index in [1.807, 2.05) is 11.4 Å². The van der Waals surface area contributed by atoms with Gasteiger partial charge in [0, 0.05) is 24.2 Å². The number of hydrogen-bond donors (Lipinski definition) is 0. The van der Waals surface area contributed by atoms with E-state index in [2.05, 4.69) is 15.4 Å². The number of aryl methyl sites for hydroxylation is 1. The van der Waals surface area contributed by atoms with Crippen LogP contribution in [0.1, 0.15) is 6.93 Å². The number of thiazole rings is 1. The maximum absolute atomic E-state index is 11.8. The molecule has 3 heterocycles. The Morgan fingerprint density at radius 1 is 1.42 bits per heavy atom. The van der Waals surface area contributed by atoms with Crippen LogP contribution in [-0.2, 0) is 13.7 Å². The first-order valence-electron chi connectivity index (χ1n) is 5.76. The summed E-state index contributed by atoms with van der Waals surface area (Å²) in [6.07, 6.45) is 0.181. The predicted molar refractivity (Wildman–Crippen MR) is 70.9 cm³/mol. The third kappa shape index (κ3) is 2.29. The van der Waals surface area contributed by atoms with Crippen LogP contribution < -0.4 is 10.4 Å². The van der Waals surface area contributed by atoms with Crippen molar-refractivity contribution < 1.29 is 6.11 Å². The van der Waals surface area contributed by atoms with E-state index in [9.17, 15) is 4.79 Å². The van der Waals surface area contributed by atoms with Crippen molar-refractivity contribution in [2.45, 2.75) is 6.61 Å². The van der Waals surface area contributed by atoms with E-state index >= 15 is 0 Å². The van der Waals surface area contributed by atoms with Gasteiger partial charge in [0.15, 0.2) is 0 Å². The average Bonchev–Trinajstić information content (AvgIpc) is 3.11. The zero-order chi connectivity index (χ0) is 14.1. The van der Waals surface area contributed by atoms with Crippen molar-refractivity contribution in [1.82, 2.24) is 24.8 Å². The maximum atomic E-state index is 11.8. The Hall–Kier alpha value is -2.00. The number of thiophene rings is 1. The zero-order valence-electron chi connectivity index (χ0n) is 10.8. The third-order valence-corrected chi connectivity index (χ3v) is 3.92. The normalized spacial score (nSPS) is 11.5. The summed E-state index contributed by atoms with van der Waals surface area (Å²) in [5, 5.41) is 12.0. The number of nitrogens with zero attached hydrogens (tertiary/aromatic N) is 5. The summed E-state index contributed by atoms with van der Waals surface area (Å²) >= 11 is 2.65. The second-order valence-electron chi connectivity index (χ2n) is 3.58. The molecule has 0 aliphatic heterocycles. The molecule has 3 aromatic rings. The average molecular weight is 297 g/mol. The molecule has 0 unspecified atom stereocenters. The minimum Gasteiger partial charge on any atom is -0.465 e. The van der Waals surface area contributed by atoms with Crippen molar-refractivity contribution in [1.29, 1.82) is 0 Å². The summed E-state index contributed by atoms with van der Waals surface area (Å²) in [7, 11) is 1.54. The van der Waals surface area contributed by atoms with Crippen LogP contribution in [0.3, 0.4) is 0 Å². The zero-order valence-corrected chi connectivity index (χ0v) is 11.4. The molecule has 0 radical (unpaired) electrons. The van der Waals surface area contributed by atoms with Gasteiger partial charge >= 0.3 is 5.69 Å². The lowest BCUT2D eigenvalue weighted by molar-refractivity contribution is 0.304. The molecular weight excluding hydrogens is 286 g/mol. The smallest absolute Gasteiger partial charge is 0.368 e. The van der Waals surface area contributed by atoms with Crippen molar-refractivity contribution in [3.63, 3.8) is 0 Å². The molecule has 0 aliphatic rings. The summed E-state index contributed by atoms with van der Waals surface area (Å²) in [5.74, 6) is 0. The number of hydrogen-bond acceptors (Lipinski definition) is 7. The van der Waals surface area contributed by atoms with Gasteiger partial charge in [-0.3, -0.25) is 0 Å². The third-order valence-electron chi connectivity index (χ3n) is 2.36. The molecular formula is C10H9N5O2S2. The van der Waals surface area contributed by atoms with Crippen molar-refractivity contribution in [3.8, 4) is 10.2 Å².